The SMILES string of the molecule is CC(C)C(C)C(=O)NCC1(CN)CC1. The van der Waals surface area contributed by atoms with Gasteiger partial charge in [-0.3, -0.25) is 4.79 Å². The first-order chi connectivity index (χ1) is 6.51. The van der Waals surface area contributed by atoms with Crippen molar-refractivity contribution in [3.05, 3.63) is 0 Å². The number of hydrogen-bond donors (Lipinski definition) is 2. The summed E-state index contributed by atoms with van der Waals surface area (Å²) in [5.74, 6) is 0.673. The van der Waals surface area contributed by atoms with Gasteiger partial charge in [0.1, 0.15) is 0 Å². The van der Waals surface area contributed by atoms with Crippen molar-refractivity contribution in [3.8, 4) is 0 Å². The molecule has 1 rings (SSSR count). The third-order valence-corrected chi connectivity index (χ3v) is 3.44. The maximum atomic E-state index is 11.6. The summed E-state index contributed by atoms with van der Waals surface area (Å²) >= 11 is 0. The summed E-state index contributed by atoms with van der Waals surface area (Å²) < 4.78 is 0. The van der Waals surface area contributed by atoms with Crippen molar-refractivity contribution >= 4 is 5.91 Å². The van der Waals surface area contributed by atoms with Crippen LogP contribution < -0.4 is 11.1 Å². The molecule has 0 saturated heterocycles. The quantitative estimate of drug-likeness (QED) is 0.696. The molecule has 0 aromatic carbocycles. The van der Waals surface area contributed by atoms with Gasteiger partial charge < -0.3 is 11.1 Å². The average molecular weight is 198 g/mol. The van der Waals surface area contributed by atoms with Gasteiger partial charge in [0.05, 0.1) is 0 Å². The van der Waals surface area contributed by atoms with Crippen molar-refractivity contribution < 1.29 is 4.79 Å². The Hall–Kier alpha value is -0.570. The summed E-state index contributed by atoms with van der Waals surface area (Å²) in [6, 6.07) is 0. The third-order valence-electron chi connectivity index (χ3n) is 3.44. The lowest BCUT2D eigenvalue weighted by molar-refractivity contribution is -0.125. The summed E-state index contributed by atoms with van der Waals surface area (Å²) in [4.78, 5) is 11.6. The zero-order valence-corrected chi connectivity index (χ0v) is 9.47. The minimum atomic E-state index is 0.101. The van der Waals surface area contributed by atoms with Crippen molar-refractivity contribution in [1.29, 1.82) is 0 Å². The lowest BCUT2D eigenvalue weighted by Crippen LogP contribution is -2.38. The predicted molar refractivity (Wildman–Crippen MR) is 57.7 cm³/mol. The molecule has 1 unspecified atom stereocenters. The Labute approximate surface area is 86.4 Å². The van der Waals surface area contributed by atoms with E-state index in [0.717, 1.165) is 6.54 Å². The zero-order chi connectivity index (χ0) is 10.8. The molecule has 0 heterocycles. The highest BCUT2D eigenvalue weighted by Gasteiger charge is 2.41. The maximum absolute atomic E-state index is 11.6. The molecule has 3 heteroatoms. The van der Waals surface area contributed by atoms with Crippen LogP contribution in [0.1, 0.15) is 33.6 Å². The average Bonchev–Trinajstić information content (AvgIpc) is 2.93. The Balaban J connectivity index is 2.28. The normalized spacial score (nSPS) is 20.6. The van der Waals surface area contributed by atoms with E-state index in [-0.39, 0.29) is 17.2 Å². The van der Waals surface area contributed by atoms with Crippen LogP contribution in [0.5, 0.6) is 0 Å². The molecule has 1 amide bonds. The lowest BCUT2D eigenvalue weighted by atomic mass is 9.97. The van der Waals surface area contributed by atoms with Gasteiger partial charge in [-0.15, -0.1) is 0 Å². The van der Waals surface area contributed by atoms with Crippen molar-refractivity contribution in [3.63, 3.8) is 0 Å². The summed E-state index contributed by atoms with van der Waals surface area (Å²) in [6.07, 6.45) is 2.33. The fourth-order valence-corrected chi connectivity index (χ4v) is 1.37. The first kappa shape index (κ1) is 11.5. The predicted octanol–water partition coefficient (Wildman–Crippen LogP) is 1.13. The standard InChI is InChI=1S/C11H22N2O/c1-8(2)9(3)10(14)13-7-11(6-12)4-5-11/h8-9H,4-7,12H2,1-3H3,(H,13,14). The maximum Gasteiger partial charge on any atom is 0.223 e. The Bertz CT molecular complexity index is 209. The van der Waals surface area contributed by atoms with Gasteiger partial charge >= 0.3 is 0 Å². The Morgan fingerprint density at radius 2 is 2.00 bits per heavy atom. The number of nitrogens with one attached hydrogen (secondary N) is 1. The number of carbonyl (C=O) groups excluding carboxylic acids is 1. The first-order valence-corrected chi connectivity index (χ1v) is 5.48. The van der Waals surface area contributed by atoms with Crippen LogP contribution in [0.25, 0.3) is 0 Å². The van der Waals surface area contributed by atoms with Crippen molar-refractivity contribution in [2.24, 2.45) is 23.0 Å². The summed E-state index contributed by atoms with van der Waals surface area (Å²) in [6.45, 7) is 7.57. The molecule has 82 valence electrons. The molecule has 1 atom stereocenters. The van der Waals surface area contributed by atoms with Crippen LogP contribution in [-0.4, -0.2) is 19.0 Å². The van der Waals surface area contributed by atoms with E-state index in [9.17, 15) is 4.79 Å². The van der Waals surface area contributed by atoms with Crippen LogP contribution in [0.3, 0.4) is 0 Å². The van der Waals surface area contributed by atoms with E-state index in [0.29, 0.717) is 12.5 Å². The molecule has 0 aromatic heterocycles. The van der Waals surface area contributed by atoms with Gasteiger partial charge in [-0.05, 0) is 30.7 Å². The smallest absolute Gasteiger partial charge is 0.223 e. The second-order valence-corrected chi connectivity index (χ2v) is 4.95. The number of carbonyl (C=O) groups is 1. The van der Waals surface area contributed by atoms with E-state index in [1.165, 1.54) is 12.8 Å². The highest BCUT2D eigenvalue weighted by Crippen LogP contribution is 2.43. The van der Waals surface area contributed by atoms with Crippen LogP contribution in [0.4, 0.5) is 0 Å². The largest absolute Gasteiger partial charge is 0.355 e. The number of nitrogens with two attached hydrogens (primary N) is 1. The van der Waals surface area contributed by atoms with Gasteiger partial charge in [0.2, 0.25) is 5.91 Å². The molecule has 1 aliphatic rings. The highest BCUT2D eigenvalue weighted by molar-refractivity contribution is 5.78. The van der Waals surface area contributed by atoms with E-state index in [1.807, 2.05) is 6.92 Å². The van der Waals surface area contributed by atoms with Gasteiger partial charge in [0.15, 0.2) is 0 Å². The molecule has 0 aliphatic heterocycles. The molecule has 3 nitrogen and oxygen atoms in total. The van der Waals surface area contributed by atoms with Gasteiger partial charge in [0.25, 0.3) is 0 Å². The molecule has 1 aliphatic carbocycles. The zero-order valence-electron chi connectivity index (χ0n) is 9.47. The molecule has 14 heavy (non-hydrogen) atoms. The Kier molecular flexibility index (Phi) is 3.53. The van der Waals surface area contributed by atoms with Crippen LogP contribution in [0, 0.1) is 17.3 Å². The van der Waals surface area contributed by atoms with Crippen LogP contribution in [0.15, 0.2) is 0 Å². The second kappa shape index (κ2) is 4.30. The Morgan fingerprint density at radius 3 is 2.36 bits per heavy atom. The van der Waals surface area contributed by atoms with E-state index >= 15 is 0 Å². The van der Waals surface area contributed by atoms with Crippen molar-refractivity contribution in [2.75, 3.05) is 13.1 Å². The summed E-state index contributed by atoms with van der Waals surface area (Å²) in [5, 5.41) is 3.00. The molecular weight excluding hydrogens is 176 g/mol. The molecule has 0 radical (unpaired) electrons. The molecule has 0 bridgehead atoms. The highest BCUT2D eigenvalue weighted by atomic mass is 16.1. The van der Waals surface area contributed by atoms with Crippen LogP contribution in [-0.2, 0) is 4.79 Å². The van der Waals surface area contributed by atoms with E-state index in [4.69, 9.17) is 5.73 Å². The third kappa shape index (κ3) is 2.71. The first-order valence-electron chi connectivity index (χ1n) is 5.48. The summed E-state index contributed by atoms with van der Waals surface area (Å²) in [5.41, 5.74) is 5.88. The van der Waals surface area contributed by atoms with Crippen LogP contribution in [0.2, 0.25) is 0 Å². The fourth-order valence-electron chi connectivity index (χ4n) is 1.37. The van der Waals surface area contributed by atoms with E-state index in [1.54, 1.807) is 0 Å². The number of hydrogen-bond acceptors (Lipinski definition) is 2. The molecule has 1 saturated carbocycles. The van der Waals surface area contributed by atoms with Crippen molar-refractivity contribution in [1.82, 2.24) is 5.32 Å². The molecule has 1 fully saturated rings. The van der Waals surface area contributed by atoms with Gasteiger partial charge in [-0.1, -0.05) is 20.8 Å². The molecule has 0 aromatic rings. The second-order valence-electron chi connectivity index (χ2n) is 4.95. The number of rotatable bonds is 5. The summed E-state index contributed by atoms with van der Waals surface area (Å²) in [7, 11) is 0. The van der Waals surface area contributed by atoms with Crippen molar-refractivity contribution in [2.45, 2.75) is 33.6 Å². The Morgan fingerprint density at radius 1 is 1.43 bits per heavy atom. The lowest BCUT2D eigenvalue weighted by Gasteiger charge is -2.18. The topological polar surface area (TPSA) is 55.1 Å². The van der Waals surface area contributed by atoms with Gasteiger partial charge in [-0.2, -0.15) is 0 Å². The van der Waals surface area contributed by atoms with Crippen LogP contribution >= 0.6 is 0 Å². The molecular formula is C11H22N2O. The molecule has 0 spiro atoms. The molecule has 3 N–H and O–H groups in total. The van der Waals surface area contributed by atoms with E-state index in [2.05, 4.69) is 19.2 Å². The monoisotopic (exact) mass is 198 g/mol. The minimum absolute atomic E-state index is 0.101. The minimum Gasteiger partial charge on any atom is -0.355 e. The fraction of sp³-hybridized carbons (Fsp3) is 0.909. The van der Waals surface area contributed by atoms with Gasteiger partial charge in [-0.25, -0.2) is 0 Å². The van der Waals surface area contributed by atoms with Gasteiger partial charge in [0, 0.05) is 12.5 Å². The number of amides is 1. The van der Waals surface area contributed by atoms with E-state index < -0.39 is 0 Å².